The van der Waals surface area contributed by atoms with Gasteiger partial charge in [0, 0.05) is 25.3 Å². The predicted molar refractivity (Wildman–Crippen MR) is 77.4 cm³/mol. The number of ether oxygens (including phenoxy) is 1. The van der Waals surface area contributed by atoms with E-state index in [1.54, 1.807) is 0 Å². The minimum Gasteiger partial charge on any atom is -0.381 e. The Labute approximate surface area is 119 Å². The first-order valence-electron chi connectivity index (χ1n) is 7.36. The number of rotatable bonds is 2. The summed E-state index contributed by atoms with van der Waals surface area (Å²) in [6.07, 6.45) is 2.55. The van der Waals surface area contributed by atoms with E-state index in [-0.39, 0.29) is 17.5 Å². The van der Waals surface area contributed by atoms with Gasteiger partial charge in [0.15, 0.2) is 0 Å². The SMILES string of the molecule is CC1(NC(=O)C2Cc3ccccc3CN2)CCOCC1. The van der Waals surface area contributed by atoms with Crippen LogP contribution in [0.1, 0.15) is 30.9 Å². The third-order valence-electron chi connectivity index (χ3n) is 4.42. The molecule has 20 heavy (non-hydrogen) atoms. The molecule has 1 saturated heterocycles. The van der Waals surface area contributed by atoms with Crippen LogP contribution < -0.4 is 10.6 Å². The molecular formula is C16H22N2O2. The third-order valence-corrected chi connectivity index (χ3v) is 4.42. The highest BCUT2D eigenvalue weighted by Gasteiger charge is 2.32. The quantitative estimate of drug-likeness (QED) is 0.857. The third kappa shape index (κ3) is 2.86. The molecule has 0 spiro atoms. The van der Waals surface area contributed by atoms with Crippen LogP contribution in [0.4, 0.5) is 0 Å². The van der Waals surface area contributed by atoms with Crippen LogP contribution >= 0.6 is 0 Å². The number of fused-ring (bicyclic) bond motifs is 1. The minimum atomic E-state index is -0.121. The zero-order chi connectivity index (χ0) is 14.0. The molecule has 0 saturated carbocycles. The molecule has 0 radical (unpaired) electrons. The second kappa shape index (κ2) is 5.54. The van der Waals surface area contributed by atoms with E-state index in [2.05, 4.69) is 29.7 Å². The molecule has 1 amide bonds. The molecule has 4 nitrogen and oxygen atoms in total. The highest BCUT2D eigenvalue weighted by Crippen LogP contribution is 2.21. The lowest BCUT2D eigenvalue weighted by Gasteiger charge is -2.36. The number of benzene rings is 1. The van der Waals surface area contributed by atoms with Gasteiger partial charge in [0.1, 0.15) is 0 Å². The number of hydrogen-bond acceptors (Lipinski definition) is 3. The van der Waals surface area contributed by atoms with Crippen LogP contribution in [0.5, 0.6) is 0 Å². The van der Waals surface area contributed by atoms with Crippen molar-refractivity contribution in [1.82, 2.24) is 10.6 Å². The van der Waals surface area contributed by atoms with Crippen LogP contribution in [-0.2, 0) is 22.5 Å². The molecule has 0 aliphatic carbocycles. The lowest BCUT2D eigenvalue weighted by Crippen LogP contribution is -2.56. The molecule has 0 bridgehead atoms. The highest BCUT2D eigenvalue weighted by atomic mass is 16.5. The monoisotopic (exact) mass is 274 g/mol. The van der Waals surface area contributed by atoms with Gasteiger partial charge in [-0.2, -0.15) is 0 Å². The molecule has 2 aliphatic heterocycles. The molecule has 1 fully saturated rings. The highest BCUT2D eigenvalue weighted by molar-refractivity contribution is 5.83. The Morgan fingerprint density at radius 2 is 2.00 bits per heavy atom. The van der Waals surface area contributed by atoms with Gasteiger partial charge < -0.3 is 15.4 Å². The van der Waals surface area contributed by atoms with Crippen LogP contribution in [0.15, 0.2) is 24.3 Å². The summed E-state index contributed by atoms with van der Waals surface area (Å²) in [4.78, 5) is 12.5. The average Bonchev–Trinajstić information content (AvgIpc) is 2.47. The minimum absolute atomic E-state index is 0.115. The smallest absolute Gasteiger partial charge is 0.237 e. The molecule has 0 aromatic heterocycles. The van der Waals surface area contributed by atoms with Crippen LogP contribution in [0.25, 0.3) is 0 Å². The first-order chi connectivity index (χ1) is 9.66. The summed E-state index contributed by atoms with van der Waals surface area (Å²) in [6.45, 7) is 4.35. The van der Waals surface area contributed by atoms with Gasteiger partial charge in [-0.25, -0.2) is 0 Å². The number of carbonyl (C=O) groups excluding carboxylic acids is 1. The Bertz CT molecular complexity index is 495. The van der Waals surface area contributed by atoms with Crippen molar-refractivity contribution >= 4 is 5.91 Å². The first-order valence-corrected chi connectivity index (χ1v) is 7.36. The van der Waals surface area contributed by atoms with Crippen molar-refractivity contribution in [3.8, 4) is 0 Å². The van der Waals surface area contributed by atoms with E-state index in [1.165, 1.54) is 11.1 Å². The Kier molecular flexibility index (Phi) is 3.76. The molecule has 1 aromatic carbocycles. The second-order valence-corrected chi connectivity index (χ2v) is 6.07. The Morgan fingerprint density at radius 3 is 2.75 bits per heavy atom. The maximum Gasteiger partial charge on any atom is 0.237 e. The Balaban J connectivity index is 1.64. The summed E-state index contributed by atoms with van der Waals surface area (Å²) in [5, 5.41) is 6.55. The number of carbonyl (C=O) groups is 1. The van der Waals surface area contributed by atoms with E-state index in [4.69, 9.17) is 4.74 Å². The first kappa shape index (κ1) is 13.6. The van der Waals surface area contributed by atoms with Crippen molar-refractivity contribution in [3.63, 3.8) is 0 Å². The topological polar surface area (TPSA) is 50.4 Å². The van der Waals surface area contributed by atoms with E-state index in [1.807, 2.05) is 12.1 Å². The maximum atomic E-state index is 12.5. The normalized spacial score (nSPS) is 24.8. The molecular weight excluding hydrogens is 252 g/mol. The molecule has 3 rings (SSSR count). The molecule has 1 aromatic rings. The average molecular weight is 274 g/mol. The number of amides is 1. The van der Waals surface area contributed by atoms with Crippen molar-refractivity contribution in [2.75, 3.05) is 13.2 Å². The van der Waals surface area contributed by atoms with Crippen molar-refractivity contribution in [3.05, 3.63) is 35.4 Å². The Hall–Kier alpha value is -1.39. The molecule has 1 unspecified atom stereocenters. The van der Waals surface area contributed by atoms with E-state index in [0.717, 1.165) is 39.0 Å². The van der Waals surface area contributed by atoms with E-state index in [9.17, 15) is 4.79 Å². The predicted octanol–water partition coefficient (Wildman–Crippen LogP) is 1.39. The van der Waals surface area contributed by atoms with E-state index >= 15 is 0 Å². The van der Waals surface area contributed by atoms with E-state index in [0.29, 0.717) is 0 Å². The summed E-state index contributed by atoms with van der Waals surface area (Å²) < 4.78 is 5.37. The zero-order valence-corrected chi connectivity index (χ0v) is 11.9. The summed E-state index contributed by atoms with van der Waals surface area (Å²) in [6, 6.07) is 8.20. The fraction of sp³-hybridized carbons (Fsp3) is 0.562. The molecule has 108 valence electrons. The molecule has 1 atom stereocenters. The van der Waals surface area contributed by atoms with Crippen LogP contribution in [0.3, 0.4) is 0 Å². The number of nitrogens with one attached hydrogen (secondary N) is 2. The molecule has 2 N–H and O–H groups in total. The number of hydrogen-bond donors (Lipinski definition) is 2. The van der Waals surface area contributed by atoms with Gasteiger partial charge in [-0.15, -0.1) is 0 Å². The Morgan fingerprint density at radius 1 is 1.30 bits per heavy atom. The largest absolute Gasteiger partial charge is 0.381 e. The van der Waals surface area contributed by atoms with Crippen LogP contribution in [-0.4, -0.2) is 30.7 Å². The van der Waals surface area contributed by atoms with E-state index < -0.39 is 0 Å². The van der Waals surface area contributed by atoms with Crippen molar-refractivity contribution in [1.29, 1.82) is 0 Å². The zero-order valence-electron chi connectivity index (χ0n) is 11.9. The molecule has 2 heterocycles. The van der Waals surface area contributed by atoms with Gasteiger partial charge in [0.05, 0.1) is 6.04 Å². The van der Waals surface area contributed by atoms with Crippen molar-refractivity contribution < 1.29 is 9.53 Å². The van der Waals surface area contributed by atoms with Crippen molar-refractivity contribution in [2.24, 2.45) is 0 Å². The summed E-state index contributed by atoms with van der Waals surface area (Å²) in [7, 11) is 0. The fourth-order valence-electron chi connectivity index (χ4n) is 2.97. The van der Waals surface area contributed by atoms with Crippen LogP contribution in [0.2, 0.25) is 0 Å². The fourth-order valence-corrected chi connectivity index (χ4v) is 2.97. The van der Waals surface area contributed by atoms with Gasteiger partial charge in [0.2, 0.25) is 5.91 Å². The summed E-state index contributed by atoms with van der Waals surface area (Å²) in [5.74, 6) is 0.115. The van der Waals surface area contributed by atoms with Gasteiger partial charge in [-0.3, -0.25) is 4.79 Å². The molecule has 4 heteroatoms. The van der Waals surface area contributed by atoms with Crippen LogP contribution in [0, 0.1) is 0 Å². The standard InChI is InChI=1S/C16H22N2O2/c1-16(6-8-20-9-7-16)18-15(19)14-10-12-4-2-3-5-13(12)11-17-14/h2-5,14,17H,6-11H2,1H3,(H,18,19). The lowest BCUT2D eigenvalue weighted by molar-refractivity contribution is -0.126. The van der Waals surface area contributed by atoms with Gasteiger partial charge in [-0.05, 0) is 37.3 Å². The molecule has 2 aliphatic rings. The lowest BCUT2D eigenvalue weighted by atomic mass is 9.90. The van der Waals surface area contributed by atoms with Crippen molar-refractivity contribution in [2.45, 2.75) is 44.3 Å². The summed E-state index contributed by atoms with van der Waals surface area (Å²) >= 11 is 0. The maximum absolute atomic E-state index is 12.5. The summed E-state index contributed by atoms with van der Waals surface area (Å²) in [5.41, 5.74) is 2.46. The van der Waals surface area contributed by atoms with Gasteiger partial charge >= 0.3 is 0 Å². The van der Waals surface area contributed by atoms with Gasteiger partial charge in [0.25, 0.3) is 0 Å². The van der Waals surface area contributed by atoms with Gasteiger partial charge in [-0.1, -0.05) is 24.3 Å². The second-order valence-electron chi connectivity index (χ2n) is 6.07.